The molecular weight excluding hydrogens is 524 g/mol. The van der Waals surface area contributed by atoms with Crippen molar-refractivity contribution in [3.05, 3.63) is 86.3 Å². The highest BCUT2D eigenvalue weighted by atomic mass is 79.9. The van der Waals surface area contributed by atoms with E-state index in [2.05, 4.69) is 55.1 Å². The quantitative estimate of drug-likeness (QED) is 0.378. The number of ether oxygens (including phenoxy) is 3. The van der Waals surface area contributed by atoms with Crippen molar-refractivity contribution in [2.75, 3.05) is 14.2 Å². The van der Waals surface area contributed by atoms with Crippen LogP contribution in [-0.2, 0) is 0 Å². The number of rotatable bonds is 4. The highest BCUT2D eigenvalue weighted by Crippen LogP contribution is 2.51. The summed E-state index contributed by atoms with van der Waals surface area (Å²) >= 11 is 7.31. The van der Waals surface area contributed by atoms with Crippen molar-refractivity contribution in [1.82, 2.24) is 5.01 Å². The Morgan fingerprint density at radius 1 is 0.968 bits per heavy atom. The molecule has 0 spiro atoms. The number of fused-ring (bicyclic) bond motifs is 3. The summed E-state index contributed by atoms with van der Waals surface area (Å²) in [4.78, 5) is 0. The minimum atomic E-state index is -0.393. The van der Waals surface area contributed by atoms with E-state index in [-0.39, 0.29) is 6.04 Å². The molecule has 0 aliphatic carbocycles. The normalized spacial score (nSPS) is 19.2. The predicted octanol–water partition coefficient (Wildman–Crippen LogP) is 6.47. The molecule has 3 aromatic rings. The van der Waals surface area contributed by atoms with Crippen LogP contribution in [0.4, 0.5) is 0 Å². The maximum atomic E-state index is 6.53. The molecular formula is C24H20Br2N2O3. The van der Waals surface area contributed by atoms with Gasteiger partial charge in [-0.3, -0.25) is 0 Å². The first kappa shape index (κ1) is 20.4. The zero-order valence-electron chi connectivity index (χ0n) is 17.0. The van der Waals surface area contributed by atoms with Gasteiger partial charge in [0, 0.05) is 22.0 Å². The Kier molecular flexibility index (Phi) is 5.40. The Morgan fingerprint density at radius 3 is 2.48 bits per heavy atom. The smallest absolute Gasteiger partial charge is 0.214 e. The number of hydrogen-bond acceptors (Lipinski definition) is 5. The fraction of sp³-hybridized carbons (Fsp3) is 0.208. The lowest BCUT2D eigenvalue weighted by Gasteiger charge is -2.38. The molecule has 2 aliphatic rings. The lowest BCUT2D eigenvalue weighted by Crippen LogP contribution is -2.34. The van der Waals surface area contributed by atoms with E-state index in [9.17, 15) is 0 Å². The van der Waals surface area contributed by atoms with Gasteiger partial charge in [-0.1, -0.05) is 46.3 Å². The number of halogens is 2. The van der Waals surface area contributed by atoms with E-state index < -0.39 is 6.23 Å². The second kappa shape index (κ2) is 8.20. The fourth-order valence-electron chi connectivity index (χ4n) is 4.15. The minimum absolute atomic E-state index is 0.0610. The van der Waals surface area contributed by atoms with Gasteiger partial charge in [-0.05, 0) is 51.8 Å². The van der Waals surface area contributed by atoms with Gasteiger partial charge in [-0.15, -0.1) is 0 Å². The maximum Gasteiger partial charge on any atom is 0.214 e. The molecule has 7 heteroatoms. The fourth-order valence-corrected chi connectivity index (χ4v) is 5.50. The van der Waals surface area contributed by atoms with Crippen LogP contribution in [0.2, 0.25) is 0 Å². The van der Waals surface area contributed by atoms with Crippen LogP contribution < -0.4 is 14.2 Å². The van der Waals surface area contributed by atoms with E-state index in [4.69, 9.17) is 19.3 Å². The molecule has 0 unspecified atom stereocenters. The van der Waals surface area contributed by atoms with Gasteiger partial charge >= 0.3 is 0 Å². The summed E-state index contributed by atoms with van der Waals surface area (Å²) < 4.78 is 19.4. The topological polar surface area (TPSA) is 43.3 Å². The molecule has 5 nitrogen and oxygen atoms in total. The highest BCUT2D eigenvalue weighted by molar-refractivity contribution is 9.11. The highest BCUT2D eigenvalue weighted by Gasteiger charge is 2.42. The molecule has 2 atom stereocenters. The molecule has 0 bridgehead atoms. The van der Waals surface area contributed by atoms with Crippen molar-refractivity contribution in [2.45, 2.75) is 18.7 Å². The summed E-state index contributed by atoms with van der Waals surface area (Å²) in [6, 6.07) is 20.3. The summed E-state index contributed by atoms with van der Waals surface area (Å²) in [5.41, 5.74) is 4.22. The number of hydrogen-bond donors (Lipinski definition) is 0. The molecule has 0 saturated heterocycles. The van der Waals surface area contributed by atoms with E-state index >= 15 is 0 Å². The van der Waals surface area contributed by atoms with Gasteiger partial charge in [-0.25, -0.2) is 5.01 Å². The van der Waals surface area contributed by atoms with Gasteiger partial charge in [0.05, 0.1) is 30.4 Å². The van der Waals surface area contributed by atoms with Crippen molar-refractivity contribution in [3.8, 4) is 17.2 Å². The third-order valence-electron chi connectivity index (χ3n) is 5.61. The van der Waals surface area contributed by atoms with Gasteiger partial charge < -0.3 is 14.2 Å². The lowest BCUT2D eigenvalue weighted by atomic mass is 9.96. The number of methoxy groups -OCH3 is 2. The van der Waals surface area contributed by atoms with Crippen LogP contribution in [0.5, 0.6) is 17.2 Å². The van der Waals surface area contributed by atoms with Crippen molar-refractivity contribution in [2.24, 2.45) is 5.10 Å². The predicted molar refractivity (Wildman–Crippen MR) is 127 cm³/mol. The molecule has 2 heterocycles. The number of hydrazone groups is 1. The van der Waals surface area contributed by atoms with Crippen molar-refractivity contribution >= 4 is 37.6 Å². The van der Waals surface area contributed by atoms with Crippen molar-refractivity contribution < 1.29 is 14.2 Å². The SMILES string of the molecule is COc1ccc([C@@H]2Oc3c(Br)cc(Br)cc3[C@@H]3CC(c4ccccc4)=NN32)cc1OC. The van der Waals surface area contributed by atoms with Gasteiger partial charge in [0.1, 0.15) is 5.75 Å². The van der Waals surface area contributed by atoms with Crippen LogP contribution in [0.3, 0.4) is 0 Å². The van der Waals surface area contributed by atoms with E-state index in [0.29, 0.717) is 11.5 Å². The summed E-state index contributed by atoms with van der Waals surface area (Å²) in [6.45, 7) is 0. The minimum Gasteiger partial charge on any atom is -0.493 e. The molecule has 0 saturated carbocycles. The molecule has 2 aliphatic heterocycles. The molecule has 31 heavy (non-hydrogen) atoms. The average Bonchev–Trinajstić information content (AvgIpc) is 3.25. The Balaban J connectivity index is 1.63. The van der Waals surface area contributed by atoms with Gasteiger partial charge in [0.25, 0.3) is 0 Å². The zero-order chi connectivity index (χ0) is 21.5. The third-order valence-corrected chi connectivity index (χ3v) is 6.65. The first-order chi connectivity index (χ1) is 15.1. The summed E-state index contributed by atoms with van der Waals surface area (Å²) in [7, 11) is 3.27. The third kappa shape index (κ3) is 3.59. The molecule has 0 fully saturated rings. The second-order valence-corrected chi connectivity index (χ2v) is 9.17. The van der Waals surface area contributed by atoms with Crippen LogP contribution in [0, 0.1) is 0 Å². The monoisotopic (exact) mass is 542 g/mol. The van der Waals surface area contributed by atoms with Crippen LogP contribution in [0.15, 0.2) is 74.7 Å². The Morgan fingerprint density at radius 2 is 1.74 bits per heavy atom. The zero-order valence-corrected chi connectivity index (χ0v) is 20.2. The van der Waals surface area contributed by atoms with Gasteiger partial charge in [-0.2, -0.15) is 5.10 Å². The Labute approximate surface area is 197 Å². The first-order valence-corrected chi connectivity index (χ1v) is 11.5. The number of benzene rings is 3. The molecule has 0 amide bonds. The Bertz CT molecular complexity index is 1170. The van der Waals surface area contributed by atoms with Gasteiger partial charge in [0.2, 0.25) is 6.23 Å². The first-order valence-electron chi connectivity index (χ1n) is 9.88. The van der Waals surface area contributed by atoms with Crippen LogP contribution in [0.1, 0.15) is 35.4 Å². The van der Waals surface area contributed by atoms with E-state index in [1.54, 1.807) is 14.2 Å². The number of nitrogens with zero attached hydrogens (tertiary/aromatic N) is 2. The van der Waals surface area contributed by atoms with Gasteiger partial charge in [0.15, 0.2) is 11.5 Å². The second-order valence-electron chi connectivity index (χ2n) is 7.40. The molecule has 5 rings (SSSR count). The maximum absolute atomic E-state index is 6.53. The van der Waals surface area contributed by atoms with Crippen molar-refractivity contribution in [3.63, 3.8) is 0 Å². The van der Waals surface area contributed by atoms with E-state index in [1.165, 1.54) is 0 Å². The summed E-state index contributed by atoms with van der Waals surface area (Å²) in [5, 5.41) is 7.08. The molecule has 158 valence electrons. The molecule has 0 N–H and O–H groups in total. The standard InChI is InChI=1S/C24H20Br2N2O3/c1-29-21-9-8-15(10-22(21)30-2)24-28-20(13-19(27-28)14-6-4-3-5-7-14)17-11-16(25)12-18(26)23(17)31-24/h3-12,20,24H,13H2,1-2H3/t20-,24-/m0/s1. The van der Waals surface area contributed by atoms with E-state index in [1.807, 2.05) is 42.5 Å². The summed E-state index contributed by atoms with van der Waals surface area (Å²) in [6.07, 6.45) is 0.406. The molecule has 0 radical (unpaired) electrons. The van der Waals surface area contributed by atoms with Crippen LogP contribution in [0.25, 0.3) is 0 Å². The van der Waals surface area contributed by atoms with Crippen molar-refractivity contribution in [1.29, 1.82) is 0 Å². The lowest BCUT2D eigenvalue weighted by molar-refractivity contribution is -0.0198. The summed E-state index contributed by atoms with van der Waals surface area (Å²) in [5.74, 6) is 2.18. The van der Waals surface area contributed by atoms with Crippen LogP contribution in [-0.4, -0.2) is 24.9 Å². The van der Waals surface area contributed by atoms with E-state index in [0.717, 1.165) is 43.5 Å². The average molecular weight is 544 g/mol. The van der Waals surface area contributed by atoms with Crippen LogP contribution >= 0.6 is 31.9 Å². The molecule has 3 aromatic carbocycles. The Hall–Kier alpha value is -2.51. The molecule has 0 aromatic heterocycles. The largest absolute Gasteiger partial charge is 0.493 e.